The van der Waals surface area contributed by atoms with Gasteiger partial charge in [-0.25, -0.2) is 4.79 Å². The maximum atomic E-state index is 11.5. The van der Waals surface area contributed by atoms with Crippen LogP contribution in [0.3, 0.4) is 0 Å². The first-order valence-electron chi connectivity index (χ1n) is 7.28. The van der Waals surface area contributed by atoms with Crippen LogP contribution in [0.1, 0.15) is 11.1 Å². The Morgan fingerprint density at radius 3 is 2.61 bits per heavy atom. The van der Waals surface area contributed by atoms with Crippen molar-refractivity contribution >= 4 is 33.8 Å². The second-order valence-electron chi connectivity index (χ2n) is 5.52. The molecule has 0 fully saturated rings. The minimum Gasteiger partial charge on any atom is -0.423 e. The molecule has 0 radical (unpaired) electrons. The number of anilines is 2. The summed E-state index contributed by atoms with van der Waals surface area (Å²) in [5.74, 6) is 0. The van der Waals surface area contributed by atoms with Crippen molar-refractivity contribution in [2.45, 2.75) is 13.8 Å². The van der Waals surface area contributed by atoms with Gasteiger partial charge in [0.15, 0.2) is 5.58 Å². The van der Waals surface area contributed by atoms with Crippen molar-refractivity contribution in [1.29, 1.82) is 0 Å². The molecule has 0 saturated carbocycles. The quantitative estimate of drug-likeness (QED) is 0.559. The zero-order valence-corrected chi connectivity index (χ0v) is 12.7. The molecule has 0 atom stereocenters. The summed E-state index contributed by atoms with van der Waals surface area (Å²) < 4.78 is 10.9. The van der Waals surface area contributed by atoms with Gasteiger partial charge in [-0.05, 0) is 49.2 Å². The number of nitrogens with zero attached hydrogens (tertiary/aromatic N) is 1. The zero-order chi connectivity index (χ0) is 16.0. The fourth-order valence-electron chi connectivity index (χ4n) is 2.64. The van der Waals surface area contributed by atoms with E-state index in [1.54, 1.807) is 0 Å². The number of oxazole rings is 1. The van der Waals surface area contributed by atoms with Crippen molar-refractivity contribution in [2.24, 2.45) is 0 Å². The van der Waals surface area contributed by atoms with Crippen LogP contribution in [0.5, 0.6) is 0 Å². The molecule has 0 spiro atoms. The van der Waals surface area contributed by atoms with Gasteiger partial charge in [0.2, 0.25) is 0 Å². The predicted molar refractivity (Wildman–Crippen MR) is 89.2 cm³/mol. The molecule has 23 heavy (non-hydrogen) atoms. The van der Waals surface area contributed by atoms with E-state index in [4.69, 9.17) is 8.83 Å². The van der Waals surface area contributed by atoms with Crippen molar-refractivity contribution in [3.8, 4) is 0 Å². The van der Waals surface area contributed by atoms with Crippen molar-refractivity contribution < 1.29 is 8.83 Å². The van der Waals surface area contributed by atoms with E-state index in [0.29, 0.717) is 11.6 Å². The lowest BCUT2D eigenvalue weighted by molar-refractivity contribution is 0.559. The van der Waals surface area contributed by atoms with Crippen molar-refractivity contribution in [2.75, 3.05) is 5.32 Å². The molecule has 0 aliphatic carbocycles. The maximum Gasteiger partial charge on any atom is 0.336 e. The molecular formula is C18H14N2O3. The highest BCUT2D eigenvalue weighted by Crippen LogP contribution is 2.28. The fourth-order valence-corrected chi connectivity index (χ4v) is 2.64. The highest BCUT2D eigenvalue weighted by molar-refractivity contribution is 5.86. The van der Waals surface area contributed by atoms with Crippen LogP contribution in [0.2, 0.25) is 0 Å². The second kappa shape index (κ2) is 4.98. The van der Waals surface area contributed by atoms with E-state index in [0.717, 1.165) is 33.3 Å². The fraction of sp³-hybridized carbons (Fsp3) is 0.111. The van der Waals surface area contributed by atoms with Crippen LogP contribution in [0.25, 0.3) is 22.1 Å². The Bertz CT molecular complexity index is 1060. The number of nitrogens with one attached hydrogen (secondary N) is 1. The van der Waals surface area contributed by atoms with Crippen LogP contribution in [-0.4, -0.2) is 4.98 Å². The molecule has 5 nitrogen and oxygen atoms in total. The van der Waals surface area contributed by atoms with Gasteiger partial charge in [-0.3, -0.25) is 0 Å². The molecule has 4 aromatic rings. The summed E-state index contributed by atoms with van der Waals surface area (Å²) in [5.41, 5.74) is 4.45. The third-order valence-electron chi connectivity index (χ3n) is 3.83. The lowest BCUT2D eigenvalue weighted by Crippen LogP contribution is -2.00. The summed E-state index contributed by atoms with van der Waals surface area (Å²) in [4.78, 5) is 15.9. The average Bonchev–Trinajstić information content (AvgIpc) is 2.91. The predicted octanol–water partition coefficient (Wildman–Crippen LogP) is 4.29. The van der Waals surface area contributed by atoms with Gasteiger partial charge < -0.3 is 14.2 Å². The number of hydrogen-bond acceptors (Lipinski definition) is 5. The monoisotopic (exact) mass is 306 g/mol. The van der Waals surface area contributed by atoms with E-state index in [1.807, 2.05) is 50.2 Å². The van der Waals surface area contributed by atoms with E-state index in [2.05, 4.69) is 10.3 Å². The third kappa shape index (κ3) is 2.36. The first kappa shape index (κ1) is 13.6. The van der Waals surface area contributed by atoms with Gasteiger partial charge in [-0.2, -0.15) is 4.98 Å². The molecule has 0 saturated heterocycles. The normalized spacial score (nSPS) is 11.2. The molecule has 5 heteroatoms. The zero-order valence-electron chi connectivity index (χ0n) is 12.7. The van der Waals surface area contributed by atoms with E-state index in [-0.39, 0.29) is 5.63 Å². The summed E-state index contributed by atoms with van der Waals surface area (Å²) in [7, 11) is 0. The van der Waals surface area contributed by atoms with Gasteiger partial charge >= 0.3 is 5.63 Å². The number of aryl methyl sites for hydroxylation is 2. The Kier molecular flexibility index (Phi) is 2.94. The van der Waals surface area contributed by atoms with Gasteiger partial charge in [0.25, 0.3) is 6.01 Å². The Balaban J connectivity index is 1.81. The summed E-state index contributed by atoms with van der Waals surface area (Å²) in [5, 5.41) is 4.08. The van der Waals surface area contributed by atoms with Crippen LogP contribution >= 0.6 is 0 Å². The molecule has 0 aliphatic heterocycles. The molecule has 114 valence electrons. The Morgan fingerprint density at radius 1 is 0.957 bits per heavy atom. The highest BCUT2D eigenvalue weighted by atomic mass is 16.4. The number of benzene rings is 2. The summed E-state index contributed by atoms with van der Waals surface area (Å²) in [6, 6.07) is 13.3. The average molecular weight is 306 g/mol. The second-order valence-corrected chi connectivity index (χ2v) is 5.52. The van der Waals surface area contributed by atoms with Crippen molar-refractivity contribution in [3.63, 3.8) is 0 Å². The number of rotatable bonds is 2. The van der Waals surface area contributed by atoms with Crippen LogP contribution in [0.15, 0.2) is 56.1 Å². The SMILES string of the molecule is Cc1cc2oc(=O)cc(C)c2cc1Nc1nc2ccccc2o1. The van der Waals surface area contributed by atoms with Crippen molar-refractivity contribution in [3.05, 3.63) is 64.0 Å². The first-order valence-corrected chi connectivity index (χ1v) is 7.28. The Hall–Kier alpha value is -3.08. The van der Waals surface area contributed by atoms with Gasteiger partial charge in [-0.15, -0.1) is 0 Å². The minimum absolute atomic E-state index is 0.339. The van der Waals surface area contributed by atoms with Crippen molar-refractivity contribution in [1.82, 2.24) is 4.98 Å². The number of aromatic nitrogens is 1. The van der Waals surface area contributed by atoms with Crippen LogP contribution in [-0.2, 0) is 0 Å². The summed E-state index contributed by atoms with van der Waals surface area (Å²) in [6.45, 7) is 3.82. The van der Waals surface area contributed by atoms with Crippen LogP contribution < -0.4 is 10.9 Å². The molecule has 2 aromatic heterocycles. The van der Waals surface area contributed by atoms with E-state index >= 15 is 0 Å². The van der Waals surface area contributed by atoms with Crippen LogP contribution in [0, 0.1) is 13.8 Å². The summed E-state index contributed by atoms with van der Waals surface area (Å²) >= 11 is 0. The minimum atomic E-state index is -0.339. The van der Waals surface area contributed by atoms with E-state index < -0.39 is 0 Å². The maximum absolute atomic E-state index is 11.5. The van der Waals surface area contributed by atoms with Gasteiger partial charge in [0.1, 0.15) is 11.1 Å². The van der Waals surface area contributed by atoms with E-state index in [9.17, 15) is 4.79 Å². The van der Waals surface area contributed by atoms with E-state index in [1.165, 1.54) is 6.07 Å². The third-order valence-corrected chi connectivity index (χ3v) is 3.83. The molecule has 0 unspecified atom stereocenters. The number of fused-ring (bicyclic) bond motifs is 2. The number of para-hydroxylation sites is 2. The Morgan fingerprint density at radius 2 is 1.78 bits per heavy atom. The standard InChI is InChI=1S/C18H14N2O3/c1-10-8-17(21)22-16-7-11(2)14(9-12(10)16)20-18-19-13-5-3-4-6-15(13)23-18/h3-9H,1-2H3,(H,19,20). The smallest absolute Gasteiger partial charge is 0.336 e. The molecular weight excluding hydrogens is 292 g/mol. The topological polar surface area (TPSA) is 68.3 Å². The highest BCUT2D eigenvalue weighted by Gasteiger charge is 2.10. The molecule has 2 aromatic carbocycles. The molecule has 2 heterocycles. The van der Waals surface area contributed by atoms with Gasteiger partial charge in [-0.1, -0.05) is 12.1 Å². The molecule has 0 bridgehead atoms. The molecule has 1 N–H and O–H groups in total. The lowest BCUT2D eigenvalue weighted by Gasteiger charge is -2.08. The Labute approximate surface area is 131 Å². The first-order chi connectivity index (χ1) is 11.1. The lowest BCUT2D eigenvalue weighted by atomic mass is 10.1. The van der Waals surface area contributed by atoms with Crippen LogP contribution in [0.4, 0.5) is 11.7 Å². The molecule has 4 rings (SSSR count). The number of hydrogen-bond donors (Lipinski definition) is 1. The summed E-state index contributed by atoms with van der Waals surface area (Å²) in [6.07, 6.45) is 0. The van der Waals surface area contributed by atoms with Gasteiger partial charge in [0.05, 0.1) is 0 Å². The van der Waals surface area contributed by atoms with Gasteiger partial charge in [0, 0.05) is 17.1 Å². The molecule has 0 aliphatic rings. The molecule has 0 amide bonds. The largest absolute Gasteiger partial charge is 0.423 e.